The van der Waals surface area contributed by atoms with Gasteiger partial charge in [-0.15, -0.1) is 0 Å². The van der Waals surface area contributed by atoms with Gasteiger partial charge in [-0.3, -0.25) is 0 Å². The van der Waals surface area contributed by atoms with Crippen molar-refractivity contribution in [2.45, 2.75) is 23.4 Å². The van der Waals surface area contributed by atoms with Crippen LogP contribution in [-0.2, 0) is 19.5 Å². The largest absolute Gasteiger partial charge is 0.433 e. The van der Waals surface area contributed by atoms with Crippen molar-refractivity contribution in [3.8, 4) is 0 Å². The molecule has 0 aromatic carbocycles. The molecule has 0 atom stereocenters. The maximum absolute atomic E-state index is 8.66. The van der Waals surface area contributed by atoms with E-state index in [0.717, 1.165) is 0 Å². The van der Waals surface area contributed by atoms with Gasteiger partial charge in [-0.25, -0.2) is 0 Å². The molecule has 0 rings (SSSR count). The van der Waals surface area contributed by atoms with E-state index in [1.54, 1.807) is 0 Å². The molecule has 0 saturated carbocycles. The smallest absolute Gasteiger partial charge is 0.213 e. The first-order valence-electron chi connectivity index (χ1n) is 2.96. The zero-order valence-electron chi connectivity index (χ0n) is 7.44. The van der Waals surface area contributed by atoms with Gasteiger partial charge in [0.15, 0.2) is 8.32 Å². The zero-order chi connectivity index (χ0) is 9.71. The number of alkyl halides is 3. The van der Waals surface area contributed by atoms with Crippen LogP contribution in [0, 0.1) is 0 Å². The molecule has 0 heterocycles. The Hall–Kier alpha value is 1.63. The molecule has 12 heavy (non-hydrogen) atoms. The Kier molecular flexibility index (Phi) is 12.8. The summed E-state index contributed by atoms with van der Waals surface area (Å²) in [4.78, 5) is 8.66. The standard InChI is InChI=1S/C3H10OSi.C2H3Cl3O.Zn/c1-5(2,3)4;3-2(4,5)1-6;/h4H,1-3H3;6H,1H2;. The fourth-order valence-electron chi connectivity index (χ4n) is 0. The second-order valence-corrected chi connectivity index (χ2v) is 9.80. The van der Waals surface area contributed by atoms with Crippen molar-refractivity contribution in [3.63, 3.8) is 0 Å². The molecule has 0 saturated heterocycles. The van der Waals surface area contributed by atoms with E-state index in [0.29, 0.717) is 0 Å². The van der Waals surface area contributed by atoms with Crippen molar-refractivity contribution in [1.29, 1.82) is 0 Å². The molecule has 0 unspecified atom stereocenters. The Balaban J connectivity index is -0.000000126. The Morgan fingerprint density at radius 1 is 1.17 bits per heavy atom. The van der Waals surface area contributed by atoms with Crippen LogP contribution in [0.25, 0.3) is 0 Å². The molecular formula is C5H13Cl3O2SiZn. The molecule has 7 heteroatoms. The molecule has 0 aliphatic rings. The molecule has 72 valence electrons. The van der Waals surface area contributed by atoms with Gasteiger partial charge in [0.1, 0.15) is 0 Å². The number of halogens is 3. The summed E-state index contributed by atoms with van der Waals surface area (Å²) in [6.07, 6.45) is 0. The molecule has 0 aromatic heterocycles. The zero-order valence-corrected chi connectivity index (χ0v) is 13.7. The van der Waals surface area contributed by atoms with Crippen LogP contribution in [0.15, 0.2) is 0 Å². The van der Waals surface area contributed by atoms with Crippen LogP contribution in [-0.4, -0.2) is 28.6 Å². The third-order valence-electron chi connectivity index (χ3n) is 0.179. The average Bonchev–Trinajstić information content (AvgIpc) is 1.59. The minimum absolute atomic E-state index is 0. The van der Waals surface area contributed by atoms with Crippen LogP contribution >= 0.6 is 34.8 Å². The van der Waals surface area contributed by atoms with Gasteiger partial charge in [-0.2, -0.15) is 0 Å². The van der Waals surface area contributed by atoms with Gasteiger partial charge in [0, 0.05) is 19.5 Å². The van der Waals surface area contributed by atoms with E-state index in [1.165, 1.54) is 0 Å². The van der Waals surface area contributed by atoms with Crippen LogP contribution < -0.4 is 0 Å². The van der Waals surface area contributed by atoms with Gasteiger partial charge in [0.2, 0.25) is 3.79 Å². The van der Waals surface area contributed by atoms with Crippen LogP contribution in [0.5, 0.6) is 0 Å². The maximum atomic E-state index is 8.66. The molecule has 0 amide bonds. The maximum Gasteiger partial charge on any atom is 0.213 e. The summed E-state index contributed by atoms with van der Waals surface area (Å²) in [5, 5.41) is 8.01. The fourth-order valence-corrected chi connectivity index (χ4v) is 0. The molecule has 0 aromatic rings. The molecule has 0 fully saturated rings. The molecule has 0 bridgehead atoms. The summed E-state index contributed by atoms with van der Waals surface area (Å²) < 4.78 is -1.49. The van der Waals surface area contributed by atoms with Crippen LogP contribution in [0.1, 0.15) is 0 Å². The SMILES string of the molecule is C[Si](C)(C)O.OCC(Cl)(Cl)Cl.[Zn]. The minimum atomic E-state index is -1.61. The van der Waals surface area contributed by atoms with E-state index in [1.807, 2.05) is 19.6 Å². The molecule has 2 N–H and O–H groups in total. The van der Waals surface area contributed by atoms with Crippen LogP contribution in [0.2, 0.25) is 19.6 Å². The van der Waals surface area contributed by atoms with E-state index >= 15 is 0 Å². The first kappa shape index (κ1) is 19.2. The number of rotatable bonds is 0. The summed E-state index contributed by atoms with van der Waals surface area (Å²) >= 11 is 15.0. The fraction of sp³-hybridized carbons (Fsp3) is 1.00. The second-order valence-electron chi connectivity index (χ2n) is 2.94. The van der Waals surface area contributed by atoms with E-state index in [4.69, 9.17) is 44.7 Å². The predicted octanol–water partition coefficient (Wildman–Crippen LogP) is 2.16. The van der Waals surface area contributed by atoms with Gasteiger partial charge in [0.25, 0.3) is 0 Å². The number of aliphatic hydroxyl groups excluding tert-OH is 1. The van der Waals surface area contributed by atoms with E-state index in [9.17, 15) is 0 Å². The first-order chi connectivity index (χ1) is 4.56. The topological polar surface area (TPSA) is 40.5 Å². The Morgan fingerprint density at radius 3 is 1.25 bits per heavy atom. The van der Waals surface area contributed by atoms with Gasteiger partial charge in [0.05, 0.1) is 6.61 Å². The third-order valence-corrected chi connectivity index (χ3v) is 0.538. The van der Waals surface area contributed by atoms with Gasteiger partial charge >= 0.3 is 0 Å². The summed E-state index contributed by atoms with van der Waals surface area (Å²) in [5.41, 5.74) is 0. The molecule has 0 spiro atoms. The van der Waals surface area contributed by atoms with Crippen molar-refractivity contribution in [2.75, 3.05) is 6.61 Å². The summed E-state index contributed by atoms with van der Waals surface area (Å²) in [6.45, 7) is 5.21. The normalized spacial score (nSPS) is 11.0. The predicted molar refractivity (Wildman–Crippen MR) is 52.9 cm³/mol. The quantitative estimate of drug-likeness (QED) is 0.532. The van der Waals surface area contributed by atoms with Crippen molar-refractivity contribution in [1.82, 2.24) is 0 Å². The molecule has 0 aliphatic carbocycles. The summed E-state index contributed by atoms with van der Waals surface area (Å²) in [6, 6.07) is 0. The van der Waals surface area contributed by atoms with Crippen molar-refractivity contribution >= 4 is 43.1 Å². The van der Waals surface area contributed by atoms with Crippen molar-refractivity contribution in [3.05, 3.63) is 0 Å². The van der Waals surface area contributed by atoms with Crippen molar-refractivity contribution < 1.29 is 29.4 Å². The summed E-state index contributed by atoms with van der Waals surface area (Å²) in [5.74, 6) is 0. The second kappa shape index (κ2) is 7.98. The molecule has 0 radical (unpaired) electrons. The van der Waals surface area contributed by atoms with Crippen LogP contribution in [0.4, 0.5) is 0 Å². The van der Waals surface area contributed by atoms with Gasteiger partial charge in [-0.05, 0) is 19.6 Å². The minimum Gasteiger partial charge on any atom is -0.433 e. The number of hydrogen-bond acceptors (Lipinski definition) is 2. The Bertz CT molecular complexity index is 95.8. The average molecular weight is 305 g/mol. The first-order valence-corrected chi connectivity index (χ1v) is 7.54. The Morgan fingerprint density at radius 2 is 1.25 bits per heavy atom. The molecule has 2 nitrogen and oxygen atoms in total. The molecular weight excluding hydrogens is 292 g/mol. The summed E-state index contributed by atoms with van der Waals surface area (Å²) in [7, 11) is -1.61. The monoisotopic (exact) mass is 302 g/mol. The van der Waals surface area contributed by atoms with E-state index in [2.05, 4.69) is 0 Å². The van der Waals surface area contributed by atoms with Gasteiger partial charge in [-0.1, -0.05) is 34.8 Å². The van der Waals surface area contributed by atoms with E-state index < -0.39 is 18.7 Å². The third kappa shape index (κ3) is 61.3. The van der Waals surface area contributed by atoms with E-state index in [-0.39, 0.29) is 19.5 Å². The molecule has 0 aliphatic heterocycles. The number of hydrogen-bond donors (Lipinski definition) is 2. The van der Waals surface area contributed by atoms with Gasteiger partial charge < -0.3 is 9.90 Å². The van der Waals surface area contributed by atoms with Crippen LogP contribution in [0.3, 0.4) is 0 Å². The number of aliphatic hydroxyl groups is 1. The van der Waals surface area contributed by atoms with Crippen molar-refractivity contribution in [2.24, 2.45) is 0 Å². The Labute approximate surface area is 102 Å².